The van der Waals surface area contributed by atoms with Crippen LogP contribution in [0.4, 0.5) is 0 Å². The standard InChI is InChI=1S/C16H24N4O2S/c1-23(21,22)17-9-8-13-5-4-10-20(11-13)12-16-18-14-6-2-3-7-15(14)19-16/h2-3,6-7,13,17H,4-5,8-12H2,1H3,(H,18,19). The number of aromatic amines is 1. The summed E-state index contributed by atoms with van der Waals surface area (Å²) < 4.78 is 24.8. The average Bonchev–Trinajstić information content (AvgIpc) is 2.88. The van der Waals surface area contributed by atoms with E-state index in [0.29, 0.717) is 12.5 Å². The Labute approximate surface area is 137 Å². The van der Waals surface area contributed by atoms with E-state index in [4.69, 9.17) is 0 Å². The smallest absolute Gasteiger partial charge is 0.208 e. The molecule has 1 aliphatic rings. The fourth-order valence-corrected chi connectivity index (χ4v) is 3.76. The van der Waals surface area contributed by atoms with Crippen molar-refractivity contribution in [3.8, 4) is 0 Å². The summed E-state index contributed by atoms with van der Waals surface area (Å²) in [4.78, 5) is 10.4. The van der Waals surface area contributed by atoms with E-state index in [-0.39, 0.29) is 0 Å². The molecule has 23 heavy (non-hydrogen) atoms. The maximum atomic E-state index is 11.1. The van der Waals surface area contributed by atoms with Crippen LogP contribution in [0.25, 0.3) is 11.0 Å². The average molecular weight is 336 g/mol. The van der Waals surface area contributed by atoms with Crippen LogP contribution >= 0.6 is 0 Å². The second kappa shape index (κ2) is 6.98. The second-order valence-corrected chi connectivity index (χ2v) is 8.23. The van der Waals surface area contributed by atoms with E-state index in [1.54, 1.807) is 0 Å². The van der Waals surface area contributed by atoms with Crippen molar-refractivity contribution in [1.82, 2.24) is 19.6 Å². The highest BCUT2D eigenvalue weighted by molar-refractivity contribution is 7.88. The van der Waals surface area contributed by atoms with Gasteiger partial charge >= 0.3 is 0 Å². The maximum absolute atomic E-state index is 11.1. The van der Waals surface area contributed by atoms with Crippen molar-refractivity contribution in [2.45, 2.75) is 25.8 Å². The van der Waals surface area contributed by atoms with Crippen LogP contribution < -0.4 is 4.72 Å². The van der Waals surface area contributed by atoms with Crippen LogP contribution in [0.15, 0.2) is 24.3 Å². The Balaban J connectivity index is 1.54. The molecular formula is C16H24N4O2S. The highest BCUT2D eigenvalue weighted by atomic mass is 32.2. The summed E-state index contributed by atoms with van der Waals surface area (Å²) in [5.41, 5.74) is 2.09. The van der Waals surface area contributed by atoms with E-state index in [9.17, 15) is 8.42 Å². The number of likely N-dealkylation sites (tertiary alicyclic amines) is 1. The van der Waals surface area contributed by atoms with Crippen molar-refractivity contribution >= 4 is 21.1 Å². The SMILES string of the molecule is CS(=O)(=O)NCCC1CCCN(Cc2nc3ccccc3[nH]2)C1. The Bertz CT molecular complexity index is 723. The summed E-state index contributed by atoms with van der Waals surface area (Å²) >= 11 is 0. The lowest BCUT2D eigenvalue weighted by molar-refractivity contribution is 0.159. The molecule has 126 valence electrons. The van der Waals surface area contributed by atoms with Gasteiger partial charge in [-0.15, -0.1) is 0 Å². The van der Waals surface area contributed by atoms with E-state index >= 15 is 0 Å². The molecule has 2 aromatic rings. The summed E-state index contributed by atoms with van der Waals surface area (Å²) in [5.74, 6) is 1.54. The number of sulfonamides is 1. The van der Waals surface area contributed by atoms with Crippen LogP contribution in [0.1, 0.15) is 25.1 Å². The van der Waals surface area contributed by atoms with Gasteiger partial charge < -0.3 is 4.98 Å². The van der Waals surface area contributed by atoms with Crippen LogP contribution in [-0.4, -0.2) is 49.2 Å². The maximum Gasteiger partial charge on any atom is 0.208 e. The molecule has 6 nitrogen and oxygen atoms in total. The third-order valence-corrected chi connectivity index (χ3v) is 5.06. The summed E-state index contributed by atoms with van der Waals surface area (Å²) in [6.07, 6.45) is 4.43. The predicted octanol–water partition coefficient (Wildman–Crippen LogP) is 1.71. The molecule has 1 aromatic heterocycles. The number of hydrogen-bond acceptors (Lipinski definition) is 4. The molecule has 1 atom stereocenters. The van der Waals surface area contributed by atoms with Crippen LogP contribution in [0.5, 0.6) is 0 Å². The molecule has 1 aromatic carbocycles. The lowest BCUT2D eigenvalue weighted by Crippen LogP contribution is -2.36. The Morgan fingerprint density at radius 2 is 2.22 bits per heavy atom. The Morgan fingerprint density at radius 3 is 3.00 bits per heavy atom. The Hall–Kier alpha value is -1.44. The first-order valence-corrected chi connectivity index (χ1v) is 9.99. The number of nitrogens with one attached hydrogen (secondary N) is 2. The number of rotatable bonds is 6. The van der Waals surface area contributed by atoms with Gasteiger partial charge in [0, 0.05) is 13.1 Å². The van der Waals surface area contributed by atoms with Gasteiger partial charge in [0.2, 0.25) is 10.0 Å². The molecule has 0 bridgehead atoms. The molecule has 3 rings (SSSR count). The second-order valence-electron chi connectivity index (χ2n) is 6.40. The van der Waals surface area contributed by atoms with Gasteiger partial charge in [-0.1, -0.05) is 12.1 Å². The number of nitrogens with zero attached hydrogens (tertiary/aromatic N) is 2. The molecule has 1 saturated heterocycles. The summed E-state index contributed by atoms with van der Waals surface area (Å²) in [6, 6.07) is 8.07. The van der Waals surface area contributed by atoms with E-state index in [1.165, 1.54) is 12.7 Å². The first-order valence-electron chi connectivity index (χ1n) is 8.10. The first kappa shape index (κ1) is 16.4. The van der Waals surface area contributed by atoms with E-state index in [0.717, 1.165) is 49.3 Å². The number of hydrogen-bond donors (Lipinski definition) is 2. The number of imidazole rings is 1. The Kier molecular flexibility index (Phi) is 4.99. The molecule has 1 unspecified atom stereocenters. The van der Waals surface area contributed by atoms with Gasteiger partial charge in [-0.2, -0.15) is 0 Å². The zero-order chi connectivity index (χ0) is 16.3. The zero-order valence-corrected chi connectivity index (χ0v) is 14.3. The van der Waals surface area contributed by atoms with Crippen molar-refractivity contribution in [1.29, 1.82) is 0 Å². The van der Waals surface area contributed by atoms with Gasteiger partial charge in [-0.05, 0) is 43.9 Å². The van der Waals surface area contributed by atoms with Crippen LogP contribution in [0.2, 0.25) is 0 Å². The highest BCUT2D eigenvalue weighted by Gasteiger charge is 2.21. The predicted molar refractivity (Wildman–Crippen MR) is 91.6 cm³/mol. The minimum Gasteiger partial charge on any atom is -0.341 e. The van der Waals surface area contributed by atoms with Crippen molar-refractivity contribution in [2.24, 2.45) is 5.92 Å². The number of piperidine rings is 1. The normalized spacial score (nSPS) is 20.1. The minimum atomic E-state index is -3.08. The quantitative estimate of drug-likeness (QED) is 0.842. The number of H-pyrrole nitrogens is 1. The van der Waals surface area contributed by atoms with Gasteiger partial charge in [0.15, 0.2) is 0 Å². The zero-order valence-electron chi connectivity index (χ0n) is 13.5. The summed E-state index contributed by atoms with van der Waals surface area (Å²) in [6.45, 7) is 3.43. The molecule has 2 heterocycles. The van der Waals surface area contributed by atoms with Crippen LogP contribution in [0, 0.1) is 5.92 Å². The first-order chi connectivity index (χ1) is 11.0. The van der Waals surface area contributed by atoms with Crippen LogP contribution in [0.3, 0.4) is 0 Å². The minimum absolute atomic E-state index is 0.530. The molecule has 0 saturated carbocycles. The van der Waals surface area contributed by atoms with E-state index < -0.39 is 10.0 Å². The van der Waals surface area contributed by atoms with Gasteiger partial charge in [0.1, 0.15) is 5.82 Å². The highest BCUT2D eigenvalue weighted by Crippen LogP contribution is 2.21. The monoisotopic (exact) mass is 336 g/mol. The van der Waals surface area contributed by atoms with Gasteiger partial charge in [-0.25, -0.2) is 18.1 Å². The molecule has 1 aliphatic heterocycles. The van der Waals surface area contributed by atoms with Crippen LogP contribution in [-0.2, 0) is 16.6 Å². The lowest BCUT2D eigenvalue weighted by atomic mass is 9.95. The fraction of sp³-hybridized carbons (Fsp3) is 0.562. The molecule has 1 fully saturated rings. The molecule has 0 radical (unpaired) electrons. The van der Waals surface area contributed by atoms with Gasteiger partial charge in [0.25, 0.3) is 0 Å². The lowest BCUT2D eigenvalue weighted by Gasteiger charge is -2.32. The number of para-hydroxylation sites is 2. The van der Waals surface area contributed by atoms with Gasteiger partial charge in [0.05, 0.1) is 23.8 Å². The number of benzene rings is 1. The number of fused-ring (bicyclic) bond motifs is 1. The molecule has 0 amide bonds. The van der Waals surface area contributed by atoms with Crippen molar-refractivity contribution in [2.75, 3.05) is 25.9 Å². The third-order valence-electron chi connectivity index (χ3n) is 4.33. The fourth-order valence-electron chi connectivity index (χ4n) is 3.27. The largest absolute Gasteiger partial charge is 0.341 e. The molecule has 0 spiro atoms. The Morgan fingerprint density at radius 1 is 1.39 bits per heavy atom. The molecule has 2 N–H and O–H groups in total. The van der Waals surface area contributed by atoms with Crippen molar-refractivity contribution < 1.29 is 8.42 Å². The third kappa shape index (κ3) is 4.76. The van der Waals surface area contributed by atoms with Crippen molar-refractivity contribution in [3.63, 3.8) is 0 Å². The molecular weight excluding hydrogens is 312 g/mol. The summed E-state index contributed by atoms with van der Waals surface area (Å²) in [7, 11) is -3.08. The molecule has 0 aliphatic carbocycles. The summed E-state index contributed by atoms with van der Waals surface area (Å²) in [5, 5.41) is 0. The number of aromatic nitrogens is 2. The van der Waals surface area contributed by atoms with Crippen molar-refractivity contribution in [3.05, 3.63) is 30.1 Å². The van der Waals surface area contributed by atoms with Gasteiger partial charge in [-0.3, -0.25) is 4.90 Å². The van der Waals surface area contributed by atoms with E-state index in [2.05, 4.69) is 19.6 Å². The topological polar surface area (TPSA) is 78.1 Å². The molecule has 7 heteroatoms. The van der Waals surface area contributed by atoms with E-state index in [1.807, 2.05) is 24.3 Å².